The number of aromatic nitrogens is 2. The number of rotatable bonds is 13. The van der Waals surface area contributed by atoms with Crippen LogP contribution in [0.3, 0.4) is 0 Å². The van der Waals surface area contributed by atoms with Crippen molar-refractivity contribution in [1.29, 1.82) is 0 Å². The molecule has 0 saturated heterocycles. The molecule has 13 aromatic carbocycles. The van der Waals surface area contributed by atoms with Crippen LogP contribution >= 0.6 is 0 Å². The third kappa shape index (κ3) is 8.63. The van der Waals surface area contributed by atoms with Crippen molar-refractivity contribution < 1.29 is 13.2 Å². The van der Waals surface area contributed by atoms with Gasteiger partial charge in [-0.2, -0.15) is 0 Å². The van der Waals surface area contributed by atoms with E-state index in [4.69, 9.17) is 0 Å². The van der Waals surface area contributed by atoms with Gasteiger partial charge in [0.2, 0.25) is 0 Å². The Morgan fingerprint density at radius 2 is 0.465 bits per heavy atom. The first-order valence-corrected chi connectivity index (χ1v) is 33.0. The van der Waals surface area contributed by atoms with Crippen molar-refractivity contribution in [2.24, 2.45) is 0 Å². The lowest BCUT2D eigenvalue weighted by molar-refractivity contribution is 0.627. The fourth-order valence-electron chi connectivity index (χ4n) is 13.7. The summed E-state index contributed by atoms with van der Waals surface area (Å²) in [5.74, 6) is -0.954. The van der Waals surface area contributed by atoms with Crippen LogP contribution in [0.4, 0.5) is 30.2 Å². The maximum absolute atomic E-state index is 15.2. The van der Waals surface area contributed by atoms with Crippen molar-refractivity contribution in [3.63, 3.8) is 0 Å². The monoisotopic (exact) mass is 1150 g/mol. The first-order valence-electron chi connectivity index (χ1n) is 29.0. The van der Waals surface area contributed by atoms with Crippen LogP contribution in [0.5, 0.6) is 0 Å². The van der Waals surface area contributed by atoms with Crippen LogP contribution in [0.2, 0.25) is 0 Å². The molecular formula is C78H54F3N3Si2. The molecule has 410 valence electrons. The van der Waals surface area contributed by atoms with Gasteiger partial charge >= 0.3 is 0 Å². The Kier molecular flexibility index (Phi) is 13.1. The molecule has 0 aliphatic rings. The topological polar surface area (TPSA) is 13.1 Å². The SMILES string of the molecule is Fc1ccc(N(c2ccc3c(c2)c2cc([Si](c4ccccc4)(c4ccccc4)c4ccccc4)ccc2n3-c2ccc(F)cc2)c2ccc3c(c2)c2cc([Si](c4ccccc4)(c4ccccc4)c4ccccc4)ccc2n3-c2ccc(F)cc2)cc1. The maximum atomic E-state index is 15.2. The van der Waals surface area contributed by atoms with Gasteiger partial charge in [0.1, 0.15) is 17.5 Å². The molecule has 0 atom stereocenters. The highest BCUT2D eigenvalue weighted by Crippen LogP contribution is 2.43. The van der Waals surface area contributed by atoms with E-state index in [2.05, 4.69) is 269 Å². The van der Waals surface area contributed by atoms with Gasteiger partial charge in [-0.05, 0) is 163 Å². The molecule has 0 radical (unpaired) electrons. The number of benzene rings is 13. The summed E-state index contributed by atoms with van der Waals surface area (Å²) in [6, 6.07) is 113. The molecule has 3 nitrogen and oxygen atoms in total. The van der Waals surface area contributed by atoms with Crippen LogP contribution in [0.1, 0.15) is 0 Å². The molecule has 8 heteroatoms. The molecule has 15 rings (SSSR count). The molecule has 0 N–H and O–H groups in total. The Bertz CT molecular complexity index is 4440. The molecule has 0 amide bonds. The van der Waals surface area contributed by atoms with Crippen molar-refractivity contribution >= 4 is 118 Å². The molecule has 0 unspecified atom stereocenters. The third-order valence-corrected chi connectivity index (χ3v) is 26.9. The van der Waals surface area contributed by atoms with Gasteiger partial charge in [-0.25, -0.2) is 13.2 Å². The second-order valence-electron chi connectivity index (χ2n) is 22.0. The maximum Gasteiger partial charge on any atom is 0.179 e. The predicted molar refractivity (Wildman–Crippen MR) is 357 cm³/mol. The van der Waals surface area contributed by atoms with Gasteiger partial charge in [-0.15, -0.1) is 0 Å². The first-order chi connectivity index (χ1) is 42.4. The average Bonchev–Trinajstić information content (AvgIpc) is 1.49. The average molecular weight is 1150 g/mol. The van der Waals surface area contributed by atoms with Crippen LogP contribution in [0, 0.1) is 17.5 Å². The zero-order chi connectivity index (χ0) is 57.8. The second-order valence-corrected chi connectivity index (χ2v) is 29.6. The van der Waals surface area contributed by atoms with Crippen molar-refractivity contribution in [1.82, 2.24) is 9.13 Å². The smallest absolute Gasteiger partial charge is 0.179 e. The summed E-state index contributed by atoms with van der Waals surface area (Å²) in [6.45, 7) is 0. The van der Waals surface area contributed by atoms with Gasteiger partial charge in [0.25, 0.3) is 0 Å². The molecule has 2 heterocycles. The lowest BCUT2D eigenvalue weighted by Gasteiger charge is -2.34. The number of halogens is 3. The highest BCUT2D eigenvalue weighted by molar-refractivity contribution is 7.20. The van der Waals surface area contributed by atoms with Gasteiger partial charge in [-0.3, -0.25) is 0 Å². The Hall–Kier alpha value is -10.5. The molecular weight excluding hydrogens is 1090 g/mol. The number of nitrogens with zero attached hydrogens (tertiary/aromatic N) is 3. The summed E-state index contributed by atoms with van der Waals surface area (Å²) < 4.78 is 49.4. The van der Waals surface area contributed by atoms with E-state index >= 15 is 4.39 Å². The molecule has 86 heavy (non-hydrogen) atoms. The lowest BCUT2D eigenvalue weighted by Crippen LogP contribution is -2.74. The second kappa shape index (κ2) is 21.6. The fraction of sp³-hybridized carbons (Fsp3) is 0. The third-order valence-electron chi connectivity index (χ3n) is 17.4. The molecule has 0 aliphatic heterocycles. The van der Waals surface area contributed by atoms with E-state index in [1.807, 2.05) is 36.4 Å². The van der Waals surface area contributed by atoms with Gasteiger partial charge in [0.15, 0.2) is 16.1 Å². The number of fused-ring (bicyclic) bond motifs is 6. The standard InChI is InChI=1S/C78H54F3N3Si2/c79-55-31-37-58(38-32-55)82(61-43-47-75-71(51-61)73-53-69(45-49-77(73)83(75)59-39-33-56(80)34-40-59)85(63-19-7-1-8-20-63,64-21-9-2-10-22-64)65-23-11-3-12-24-65)62-44-48-76-72(52-62)74-54-70(46-50-78(74)84(76)60-41-35-57(81)36-42-60)86(66-25-13-4-14-26-66,67-27-15-5-16-28-67)68-29-17-6-18-30-68/h1-54H. The van der Waals surface area contributed by atoms with Crippen LogP contribution in [-0.2, 0) is 0 Å². The largest absolute Gasteiger partial charge is 0.310 e. The number of hydrogen-bond donors (Lipinski definition) is 0. The van der Waals surface area contributed by atoms with Crippen LogP contribution < -0.4 is 46.4 Å². The van der Waals surface area contributed by atoms with Crippen LogP contribution in [0.15, 0.2) is 328 Å². The summed E-state index contributed by atoms with van der Waals surface area (Å²) in [4.78, 5) is 2.21. The van der Waals surface area contributed by atoms with E-state index < -0.39 is 16.1 Å². The molecule has 0 saturated carbocycles. The summed E-state index contributed by atoms with van der Waals surface area (Å²) in [7, 11) is -6.00. The number of anilines is 3. The zero-order valence-corrected chi connectivity index (χ0v) is 48.7. The minimum absolute atomic E-state index is 0.308. The molecule has 0 aliphatic carbocycles. The molecule has 0 fully saturated rings. The van der Waals surface area contributed by atoms with E-state index in [1.165, 1.54) is 77.9 Å². The van der Waals surface area contributed by atoms with Gasteiger partial charge in [0.05, 0.1) is 22.1 Å². The van der Waals surface area contributed by atoms with Crippen LogP contribution in [-0.4, -0.2) is 25.3 Å². The summed E-state index contributed by atoms with van der Waals surface area (Å²) in [6.07, 6.45) is 0. The molecule has 0 bridgehead atoms. The van der Waals surface area contributed by atoms with E-state index in [9.17, 15) is 8.78 Å². The van der Waals surface area contributed by atoms with Crippen molar-refractivity contribution in [3.8, 4) is 11.4 Å². The van der Waals surface area contributed by atoms with E-state index in [1.54, 1.807) is 0 Å². The highest BCUT2D eigenvalue weighted by atomic mass is 28.3. The molecule has 0 spiro atoms. The highest BCUT2D eigenvalue weighted by Gasteiger charge is 2.43. The molecule has 2 aromatic heterocycles. The fourth-order valence-corrected chi connectivity index (χ4v) is 23.2. The van der Waals surface area contributed by atoms with E-state index in [0.29, 0.717) is 0 Å². The Balaban J connectivity index is 0.997. The quantitative estimate of drug-likeness (QED) is 0.0828. The van der Waals surface area contributed by atoms with Crippen molar-refractivity contribution in [2.75, 3.05) is 4.90 Å². The van der Waals surface area contributed by atoms with Gasteiger partial charge in [-0.1, -0.05) is 206 Å². The lowest BCUT2D eigenvalue weighted by atomic mass is 10.1. The Morgan fingerprint density at radius 3 is 0.756 bits per heavy atom. The van der Waals surface area contributed by atoms with E-state index in [0.717, 1.165) is 72.0 Å². The van der Waals surface area contributed by atoms with Gasteiger partial charge in [0, 0.05) is 50.0 Å². The predicted octanol–water partition coefficient (Wildman–Crippen LogP) is 14.5. The van der Waals surface area contributed by atoms with Crippen molar-refractivity contribution in [2.45, 2.75) is 0 Å². The summed E-state index contributed by atoms with van der Waals surface area (Å²) >= 11 is 0. The number of hydrogen-bond acceptors (Lipinski definition) is 1. The van der Waals surface area contributed by atoms with Crippen LogP contribution in [0.25, 0.3) is 55.0 Å². The Morgan fingerprint density at radius 1 is 0.221 bits per heavy atom. The zero-order valence-electron chi connectivity index (χ0n) is 46.7. The molecule has 15 aromatic rings. The first kappa shape index (κ1) is 52.3. The summed E-state index contributed by atoms with van der Waals surface area (Å²) in [5.41, 5.74) is 8.01. The normalized spacial score (nSPS) is 11.9. The Labute approximate surface area is 499 Å². The minimum Gasteiger partial charge on any atom is -0.310 e. The van der Waals surface area contributed by atoms with Crippen molar-refractivity contribution in [3.05, 3.63) is 345 Å². The minimum atomic E-state index is -3.00. The summed E-state index contributed by atoms with van der Waals surface area (Å²) in [5, 5.41) is 14.1. The van der Waals surface area contributed by atoms with Gasteiger partial charge < -0.3 is 14.0 Å². The van der Waals surface area contributed by atoms with E-state index in [-0.39, 0.29) is 17.5 Å².